The highest BCUT2D eigenvalue weighted by atomic mass is 16.3. The molecular weight excluding hydrogens is 288 g/mol. The van der Waals surface area contributed by atoms with Gasteiger partial charge in [0.25, 0.3) is 5.91 Å². The van der Waals surface area contributed by atoms with Gasteiger partial charge in [-0.2, -0.15) is 0 Å². The summed E-state index contributed by atoms with van der Waals surface area (Å²) in [4.78, 5) is 14.7. The smallest absolute Gasteiger partial charge is 0.289 e. The van der Waals surface area contributed by atoms with Crippen molar-refractivity contribution in [1.29, 1.82) is 0 Å². The molecule has 4 nitrogen and oxygen atoms in total. The Labute approximate surface area is 134 Å². The van der Waals surface area contributed by atoms with Gasteiger partial charge in [0.05, 0.1) is 0 Å². The van der Waals surface area contributed by atoms with Gasteiger partial charge in [0.15, 0.2) is 5.76 Å². The summed E-state index contributed by atoms with van der Waals surface area (Å²) in [6, 6.07) is 12.4. The van der Waals surface area contributed by atoms with E-state index in [9.17, 15) is 4.79 Å². The number of likely N-dealkylation sites (tertiary alicyclic amines) is 1. The Morgan fingerprint density at radius 2 is 1.87 bits per heavy atom. The zero-order valence-electron chi connectivity index (χ0n) is 13.2. The fourth-order valence-corrected chi connectivity index (χ4v) is 3.40. The van der Waals surface area contributed by atoms with Crippen molar-refractivity contribution in [2.24, 2.45) is 5.73 Å². The van der Waals surface area contributed by atoms with Gasteiger partial charge in [-0.25, -0.2) is 0 Å². The summed E-state index contributed by atoms with van der Waals surface area (Å²) in [6.07, 6.45) is 1.71. The zero-order chi connectivity index (χ0) is 16.0. The van der Waals surface area contributed by atoms with Crippen LogP contribution in [0.1, 0.15) is 29.0 Å². The highest BCUT2D eigenvalue weighted by Gasteiger charge is 2.26. The van der Waals surface area contributed by atoms with Gasteiger partial charge in [-0.3, -0.25) is 4.79 Å². The molecule has 118 valence electrons. The van der Waals surface area contributed by atoms with E-state index in [-0.39, 0.29) is 11.9 Å². The van der Waals surface area contributed by atoms with Crippen molar-refractivity contribution in [2.75, 3.05) is 13.1 Å². The molecule has 1 amide bonds. The minimum atomic E-state index is -0.0188. The molecule has 2 N–H and O–H groups in total. The molecule has 2 aromatic carbocycles. The van der Waals surface area contributed by atoms with Crippen LogP contribution in [0.5, 0.6) is 0 Å². The lowest BCUT2D eigenvalue weighted by atomic mass is 10.0. The van der Waals surface area contributed by atoms with Gasteiger partial charge in [-0.15, -0.1) is 0 Å². The van der Waals surface area contributed by atoms with Crippen molar-refractivity contribution in [3.8, 4) is 0 Å². The third kappa shape index (κ3) is 2.30. The Balaban J connectivity index is 1.80. The first-order valence-electron chi connectivity index (χ1n) is 8.11. The minimum Gasteiger partial charge on any atom is -0.450 e. The lowest BCUT2D eigenvalue weighted by Gasteiger charge is -2.29. The molecule has 1 saturated heterocycles. The number of rotatable bonds is 1. The van der Waals surface area contributed by atoms with E-state index in [0.717, 1.165) is 40.1 Å². The highest BCUT2D eigenvalue weighted by molar-refractivity contribution is 6.08. The summed E-state index contributed by atoms with van der Waals surface area (Å²) in [5.41, 5.74) is 7.65. The number of furan rings is 1. The molecule has 3 aromatic rings. The third-order valence-electron chi connectivity index (χ3n) is 4.85. The lowest BCUT2D eigenvalue weighted by molar-refractivity contribution is 0.0684. The summed E-state index contributed by atoms with van der Waals surface area (Å²) in [5.74, 6) is 0.446. The average molecular weight is 308 g/mol. The number of hydrogen-bond donors (Lipinski definition) is 1. The van der Waals surface area contributed by atoms with Gasteiger partial charge in [0.2, 0.25) is 0 Å². The molecule has 0 aliphatic carbocycles. The number of carbonyl (C=O) groups is 1. The van der Waals surface area contributed by atoms with Crippen molar-refractivity contribution in [1.82, 2.24) is 4.90 Å². The van der Waals surface area contributed by atoms with Crippen molar-refractivity contribution in [3.63, 3.8) is 0 Å². The number of carbonyl (C=O) groups excluding carboxylic acids is 1. The molecule has 4 heteroatoms. The zero-order valence-corrected chi connectivity index (χ0v) is 13.2. The predicted molar refractivity (Wildman–Crippen MR) is 91.6 cm³/mol. The first kappa shape index (κ1) is 14.3. The van der Waals surface area contributed by atoms with E-state index in [1.54, 1.807) is 0 Å². The van der Waals surface area contributed by atoms with Gasteiger partial charge in [0, 0.05) is 35.5 Å². The van der Waals surface area contributed by atoms with Crippen LogP contribution in [0.2, 0.25) is 0 Å². The number of nitrogens with two attached hydrogens (primary N) is 1. The van der Waals surface area contributed by atoms with Gasteiger partial charge >= 0.3 is 0 Å². The number of benzene rings is 2. The highest BCUT2D eigenvalue weighted by Crippen LogP contribution is 2.32. The van der Waals surface area contributed by atoms with Crippen molar-refractivity contribution in [2.45, 2.75) is 25.8 Å². The Morgan fingerprint density at radius 3 is 2.65 bits per heavy atom. The fraction of sp³-hybridized carbons (Fsp3) is 0.316. The maximum Gasteiger partial charge on any atom is 0.289 e. The molecule has 0 atom stereocenters. The van der Waals surface area contributed by atoms with Gasteiger partial charge in [-0.1, -0.05) is 36.4 Å². The molecular formula is C19H20N2O2. The van der Waals surface area contributed by atoms with Crippen LogP contribution in [0.15, 0.2) is 40.8 Å². The summed E-state index contributed by atoms with van der Waals surface area (Å²) in [5, 5.41) is 3.19. The van der Waals surface area contributed by atoms with E-state index < -0.39 is 0 Å². The number of hydrogen-bond acceptors (Lipinski definition) is 3. The van der Waals surface area contributed by atoms with Crippen LogP contribution in [-0.4, -0.2) is 29.9 Å². The van der Waals surface area contributed by atoms with Crippen LogP contribution < -0.4 is 5.73 Å². The molecule has 4 rings (SSSR count). The second kappa shape index (κ2) is 5.39. The minimum absolute atomic E-state index is 0.0188. The van der Waals surface area contributed by atoms with Gasteiger partial charge in [0.1, 0.15) is 5.58 Å². The van der Waals surface area contributed by atoms with Crippen molar-refractivity contribution >= 4 is 27.6 Å². The maximum absolute atomic E-state index is 12.8. The molecule has 0 unspecified atom stereocenters. The lowest BCUT2D eigenvalue weighted by Crippen LogP contribution is -2.42. The SMILES string of the molecule is Cc1c(C(=O)N2CCC(N)CC2)oc2c1ccc1ccccc12. The summed E-state index contributed by atoms with van der Waals surface area (Å²) >= 11 is 0. The first-order chi connectivity index (χ1) is 11.1. The van der Waals surface area contributed by atoms with E-state index in [0.29, 0.717) is 18.8 Å². The number of nitrogens with zero attached hydrogens (tertiary/aromatic N) is 1. The molecule has 23 heavy (non-hydrogen) atoms. The van der Waals surface area contributed by atoms with Crippen molar-refractivity contribution in [3.05, 3.63) is 47.7 Å². The molecule has 0 spiro atoms. The van der Waals surface area contributed by atoms with Crippen LogP contribution in [0.3, 0.4) is 0 Å². The summed E-state index contributed by atoms with van der Waals surface area (Å²) in [7, 11) is 0. The van der Waals surface area contributed by atoms with Crippen LogP contribution in [0, 0.1) is 6.92 Å². The van der Waals surface area contributed by atoms with Crippen LogP contribution in [-0.2, 0) is 0 Å². The molecule has 1 aliphatic rings. The Bertz CT molecular complexity index is 889. The number of amides is 1. The molecule has 2 heterocycles. The van der Waals surface area contributed by atoms with Crippen LogP contribution in [0.25, 0.3) is 21.7 Å². The van der Waals surface area contributed by atoms with Crippen molar-refractivity contribution < 1.29 is 9.21 Å². The molecule has 1 aromatic heterocycles. The van der Waals surface area contributed by atoms with E-state index in [2.05, 4.69) is 12.1 Å². The molecule has 1 fully saturated rings. The molecule has 0 saturated carbocycles. The second-order valence-electron chi connectivity index (χ2n) is 6.35. The maximum atomic E-state index is 12.8. The van der Waals surface area contributed by atoms with E-state index in [4.69, 9.17) is 10.2 Å². The number of fused-ring (bicyclic) bond motifs is 3. The number of piperidine rings is 1. The molecule has 0 bridgehead atoms. The molecule has 1 aliphatic heterocycles. The monoisotopic (exact) mass is 308 g/mol. The Kier molecular flexibility index (Phi) is 3.34. The number of aryl methyl sites for hydroxylation is 1. The van der Waals surface area contributed by atoms with E-state index in [1.807, 2.05) is 36.1 Å². The van der Waals surface area contributed by atoms with E-state index >= 15 is 0 Å². The largest absolute Gasteiger partial charge is 0.450 e. The van der Waals surface area contributed by atoms with E-state index in [1.165, 1.54) is 0 Å². The summed E-state index contributed by atoms with van der Waals surface area (Å²) < 4.78 is 6.03. The van der Waals surface area contributed by atoms with Crippen LogP contribution >= 0.6 is 0 Å². The quantitative estimate of drug-likeness (QED) is 0.749. The van der Waals surface area contributed by atoms with Gasteiger partial charge in [-0.05, 0) is 25.2 Å². The topological polar surface area (TPSA) is 59.5 Å². The Hall–Kier alpha value is -2.33. The standard InChI is InChI=1S/C19H20N2O2/c1-12-15-7-6-13-4-2-3-5-16(13)18(15)23-17(12)19(22)21-10-8-14(20)9-11-21/h2-7,14H,8-11,20H2,1H3. The first-order valence-corrected chi connectivity index (χ1v) is 8.11. The summed E-state index contributed by atoms with van der Waals surface area (Å²) in [6.45, 7) is 3.37. The normalized spacial score (nSPS) is 16.3. The average Bonchev–Trinajstić information content (AvgIpc) is 2.92. The van der Waals surface area contributed by atoms with Crippen LogP contribution in [0.4, 0.5) is 0 Å². The fourth-order valence-electron chi connectivity index (χ4n) is 3.40. The van der Waals surface area contributed by atoms with Gasteiger partial charge < -0.3 is 15.1 Å². The molecule has 0 radical (unpaired) electrons. The Morgan fingerprint density at radius 1 is 1.13 bits per heavy atom. The second-order valence-corrected chi connectivity index (χ2v) is 6.35. The third-order valence-corrected chi connectivity index (χ3v) is 4.85. The predicted octanol–water partition coefficient (Wildman–Crippen LogP) is 3.46.